The molecule has 0 saturated heterocycles. The average Bonchev–Trinajstić information content (AvgIpc) is 3.24. The Hall–Kier alpha value is -3.16. The molecular formula is C25H26N4O2S. The summed E-state index contributed by atoms with van der Waals surface area (Å²) in [4.78, 5) is 4.07. The van der Waals surface area contributed by atoms with Gasteiger partial charge < -0.3 is 14.0 Å². The standard InChI is InChI=1S/C25H26N4O2S/c1-30-17-16-29-24(27-28-25(29)32-18-13-20-11-14-26-15-12-20)19-31-23-10-6-5-9-22(23)21-7-3-2-4-8-21/h2-12,14-15H,13,16-19H2,1H3. The van der Waals surface area contributed by atoms with Gasteiger partial charge in [-0.3, -0.25) is 4.98 Å². The first-order valence-electron chi connectivity index (χ1n) is 10.5. The van der Waals surface area contributed by atoms with E-state index < -0.39 is 0 Å². The summed E-state index contributed by atoms with van der Waals surface area (Å²) in [5, 5.41) is 9.72. The van der Waals surface area contributed by atoms with Crippen molar-refractivity contribution in [3.05, 3.63) is 90.5 Å². The molecule has 6 nitrogen and oxygen atoms in total. The van der Waals surface area contributed by atoms with Crippen molar-refractivity contribution in [3.63, 3.8) is 0 Å². The minimum atomic E-state index is 0.339. The highest BCUT2D eigenvalue weighted by atomic mass is 32.2. The number of aromatic nitrogens is 4. The quantitative estimate of drug-likeness (QED) is 0.305. The van der Waals surface area contributed by atoms with Gasteiger partial charge in [0.2, 0.25) is 0 Å². The molecular weight excluding hydrogens is 420 g/mol. The molecule has 164 valence electrons. The Kier molecular flexibility index (Phi) is 7.89. The molecule has 0 unspecified atom stereocenters. The summed E-state index contributed by atoms with van der Waals surface area (Å²) in [7, 11) is 1.70. The minimum absolute atomic E-state index is 0.339. The van der Waals surface area contributed by atoms with Crippen LogP contribution in [-0.2, 0) is 24.3 Å². The van der Waals surface area contributed by atoms with E-state index in [2.05, 4.69) is 37.9 Å². The zero-order valence-corrected chi connectivity index (χ0v) is 18.9. The number of ether oxygens (including phenoxy) is 2. The summed E-state index contributed by atoms with van der Waals surface area (Å²) >= 11 is 1.69. The van der Waals surface area contributed by atoms with Gasteiger partial charge in [0.25, 0.3) is 0 Å². The lowest BCUT2D eigenvalue weighted by molar-refractivity contribution is 0.181. The molecule has 2 heterocycles. The van der Waals surface area contributed by atoms with E-state index in [0.717, 1.165) is 40.0 Å². The van der Waals surface area contributed by atoms with Gasteiger partial charge in [0.15, 0.2) is 11.0 Å². The van der Waals surface area contributed by atoms with Crippen molar-refractivity contribution in [2.24, 2.45) is 0 Å². The molecule has 7 heteroatoms. The summed E-state index contributed by atoms with van der Waals surface area (Å²) in [6, 6.07) is 22.4. The molecule has 0 radical (unpaired) electrons. The smallest absolute Gasteiger partial charge is 0.191 e. The van der Waals surface area contributed by atoms with Crippen molar-refractivity contribution in [2.45, 2.75) is 24.7 Å². The van der Waals surface area contributed by atoms with E-state index in [1.54, 1.807) is 18.9 Å². The molecule has 0 aliphatic heterocycles. The third-order valence-corrected chi connectivity index (χ3v) is 5.98. The number of nitrogens with zero attached hydrogens (tertiary/aromatic N) is 4. The van der Waals surface area contributed by atoms with Gasteiger partial charge in [0, 0.05) is 37.4 Å². The maximum absolute atomic E-state index is 6.21. The van der Waals surface area contributed by atoms with Gasteiger partial charge in [-0.15, -0.1) is 10.2 Å². The molecule has 2 aromatic carbocycles. The van der Waals surface area contributed by atoms with Crippen LogP contribution < -0.4 is 4.74 Å². The third kappa shape index (κ3) is 5.75. The van der Waals surface area contributed by atoms with Crippen LogP contribution in [0.1, 0.15) is 11.4 Å². The van der Waals surface area contributed by atoms with E-state index >= 15 is 0 Å². The van der Waals surface area contributed by atoms with Crippen molar-refractivity contribution in [2.75, 3.05) is 19.5 Å². The van der Waals surface area contributed by atoms with Crippen LogP contribution in [0.2, 0.25) is 0 Å². The summed E-state index contributed by atoms with van der Waals surface area (Å²) in [5.74, 6) is 2.52. The SMILES string of the molecule is COCCn1c(COc2ccccc2-c2ccccc2)nnc1SCCc1ccncc1. The predicted octanol–water partition coefficient (Wildman–Crippen LogP) is 4.90. The number of benzene rings is 2. The Balaban J connectivity index is 1.46. The number of thioether (sulfide) groups is 1. The number of para-hydroxylation sites is 1. The molecule has 0 atom stereocenters. The Morgan fingerprint density at radius 1 is 0.906 bits per heavy atom. The zero-order valence-electron chi connectivity index (χ0n) is 18.1. The van der Waals surface area contributed by atoms with Crippen molar-refractivity contribution in [1.82, 2.24) is 19.7 Å². The summed E-state index contributed by atoms with van der Waals surface area (Å²) in [6.07, 6.45) is 4.59. The van der Waals surface area contributed by atoms with Gasteiger partial charge >= 0.3 is 0 Å². The van der Waals surface area contributed by atoms with Crippen LogP contribution in [0, 0.1) is 0 Å². The topological polar surface area (TPSA) is 62.1 Å². The first kappa shape index (κ1) is 22.0. The largest absolute Gasteiger partial charge is 0.485 e. The van der Waals surface area contributed by atoms with Crippen molar-refractivity contribution < 1.29 is 9.47 Å². The van der Waals surface area contributed by atoms with Crippen LogP contribution in [0.3, 0.4) is 0 Å². The highest BCUT2D eigenvalue weighted by molar-refractivity contribution is 7.99. The highest BCUT2D eigenvalue weighted by Crippen LogP contribution is 2.30. The van der Waals surface area contributed by atoms with E-state index in [1.165, 1.54) is 5.56 Å². The molecule has 0 saturated carbocycles. The second kappa shape index (κ2) is 11.5. The van der Waals surface area contributed by atoms with Crippen LogP contribution >= 0.6 is 11.8 Å². The molecule has 4 aromatic rings. The van der Waals surface area contributed by atoms with Crippen LogP contribution in [0.25, 0.3) is 11.1 Å². The molecule has 32 heavy (non-hydrogen) atoms. The predicted molar refractivity (Wildman–Crippen MR) is 127 cm³/mol. The Bertz CT molecular complexity index is 1100. The maximum atomic E-state index is 6.21. The number of hydrogen-bond acceptors (Lipinski definition) is 6. The first-order valence-corrected chi connectivity index (χ1v) is 11.5. The van der Waals surface area contributed by atoms with Gasteiger partial charge in [-0.1, -0.05) is 60.3 Å². The molecule has 0 aliphatic rings. The molecule has 0 fully saturated rings. The lowest BCUT2D eigenvalue weighted by Crippen LogP contribution is -2.12. The lowest BCUT2D eigenvalue weighted by atomic mass is 10.1. The molecule has 4 rings (SSSR count). The summed E-state index contributed by atoms with van der Waals surface area (Å²) in [6.45, 7) is 1.61. The van der Waals surface area contributed by atoms with Crippen LogP contribution in [-0.4, -0.2) is 39.2 Å². The molecule has 0 bridgehead atoms. The zero-order chi connectivity index (χ0) is 22.0. The van der Waals surface area contributed by atoms with Gasteiger partial charge in [-0.2, -0.15) is 0 Å². The van der Waals surface area contributed by atoms with Crippen molar-refractivity contribution >= 4 is 11.8 Å². The number of rotatable bonds is 11. The number of aryl methyl sites for hydroxylation is 1. The maximum Gasteiger partial charge on any atom is 0.191 e. The summed E-state index contributed by atoms with van der Waals surface area (Å²) in [5.41, 5.74) is 3.44. The second-order valence-electron chi connectivity index (χ2n) is 7.15. The lowest BCUT2D eigenvalue weighted by Gasteiger charge is -2.13. The molecule has 0 N–H and O–H groups in total. The normalized spacial score (nSPS) is 10.9. The summed E-state index contributed by atoms with van der Waals surface area (Å²) < 4.78 is 13.6. The van der Waals surface area contributed by atoms with E-state index in [1.807, 2.05) is 60.9 Å². The van der Waals surface area contributed by atoms with Gasteiger partial charge in [-0.25, -0.2) is 0 Å². The van der Waals surface area contributed by atoms with Crippen LogP contribution in [0.5, 0.6) is 5.75 Å². The molecule has 2 aromatic heterocycles. The second-order valence-corrected chi connectivity index (χ2v) is 8.21. The number of pyridine rings is 1. The van der Waals surface area contributed by atoms with Gasteiger partial charge in [0.05, 0.1) is 6.61 Å². The molecule has 0 aliphatic carbocycles. The highest BCUT2D eigenvalue weighted by Gasteiger charge is 2.14. The number of hydrogen-bond donors (Lipinski definition) is 0. The fourth-order valence-electron chi connectivity index (χ4n) is 3.34. The van der Waals surface area contributed by atoms with E-state index in [4.69, 9.17) is 9.47 Å². The fourth-order valence-corrected chi connectivity index (χ4v) is 4.31. The molecule has 0 amide bonds. The Labute approximate surface area is 192 Å². The fraction of sp³-hybridized carbons (Fsp3) is 0.240. The minimum Gasteiger partial charge on any atom is -0.485 e. The van der Waals surface area contributed by atoms with Gasteiger partial charge in [-0.05, 0) is 35.7 Å². The van der Waals surface area contributed by atoms with Crippen molar-refractivity contribution in [1.29, 1.82) is 0 Å². The van der Waals surface area contributed by atoms with Crippen molar-refractivity contribution in [3.8, 4) is 16.9 Å². The van der Waals surface area contributed by atoms with E-state index in [0.29, 0.717) is 19.8 Å². The van der Waals surface area contributed by atoms with Crippen LogP contribution in [0.4, 0.5) is 0 Å². The Morgan fingerprint density at radius 3 is 2.50 bits per heavy atom. The monoisotopic (exact) mass is 446 g/mol. The van der Waals surface area contributed by atoms with E-state index in [-0.39, 0.29) is 0 Å². The average molecular weight is 447 g/mol. The number of methoxy groups -OCH3 is 1. The van der Waals surface area contributed by atoms with Crippen LogP contribution in [0.15, 0.2) is 84.3 Å². The Morgan fingerprint density at radius 2 is 1.69 bits per heavy atom. The van der Waals surface area contributed by atoms with E-state index in [9.17, 15) is 0 Å². The van der Waals surface area contributed by atoms with Gasteiger partial charge in [0.1, 0.15) is 12.4 Å². The molecule has 0 spiro atoms. The first-order chi connectivity index (χ1) is 15.8. The third-order valence-electron chi connectivity index (χ3n) is 5.01.